The van der Waals surface area contributed by atoms with Crippen LogP contribution in [0.15, 0.2) is 23.8 Å². The number of allylic oxidation sites excluding steroid dienone is 3. The van der Waals surface area contributed by atoms with Crippen molar-refractivity contribution in [3.8, 4) is 0 Å². The Morgan fingerprint density at radius 1 is 1.15 bits per heavy atom. The van der Waals surface area contributed by atoms with Crippen LogP contribution in [0.2, 0.25) is 5.82 Å². The van der Waals surface area contributed by atoms with Crippen molar-refractivity contribution in [1.29, 1.82) is 0 Å². The molecule has 0 aromatic carbocycles. The third-order valence-corrected chi connectivity index (χ3v) is 6.88. The summed E-state index contributed by atoms with van der Waals surface area (Å²) >= 11 is 0. The Bertz CT molecular complexity index is 416. The van der Waals surface area contributed by atoms with Crippen LogP contribution in [-0.2, 0) is 0 Å². The van der Waals surface area contributed by atoms with Crippen molar-refractivity contribution >= 4 is 7.85 Å². The van der Waals surface area contributed by atoms with Crippen LogP contribution in [0.1, 0.15) is 105 Å². The van der Waals surface area contributed by atoms with Gasteiger partial charge in [-0.2, -0.15) is 0 Å². The molecule has 0 bridgehead atoms. The zero-order valence-corrected chi connectivity index (χ0v) is 18.9. The van der Waals surface area contributed by atoms with E-state index in [-0.39, 0.29) is 0 Å². The van der Waals surface area contributed by atoms with Gasteiger partial charge in [0.25, 0.3) is 0 Å². The second-order valence-corrected chi connectivity index (χ2v) is 9.29. The Morgan fingerprint density at radius 3 is 2.31 bits per heavy atom. The molecule has 0 nitrogen and oxygen atoms in total. The summed E-state index contributed by atoms with van der Waals surface area (Å²) in [5.74, 6) is 4.16. The molecular formula is C25H47B. The highest BCUT2D eigenvalue weighted by Gasteiger charge is 2.31. The van der Waals surface area contributed by atoms with Gasteiger partial charge in [0.1, 0.15) is 7.85 Å². The van der Waals surface area contributed by atoms with Crippen molar-refractivity contribution < 1.29 is 0 Å². The summed E-state index contributed by atoms with van der Waals surface area (Å²) in [6.45, 7) is 16.2. The first-order chi connectivity index (χ1) is 12.5. The highest BCUT2D eigenvalue weighted by molar-refractivity contribution is 6.12. The van der Waals surface area contributed by atoms with E-state index in [9.17, 15) is 0 Å². The molecule has 26 heavy (non-hydrogen) atoms. The van der Waals surface area contributed by atoms with Gasteiger partial charge in [-0.1, -0.05) is 89.9 Å². The summed E-state index contributed by atoms with van der Waals surface area (Å²) in [5.41, 5.74) is 3.29. The fourth-order valence-corrected chi connectivity index (χ4v) is 5.25. The number of hydrogen-bond donors (Lipinski definition) is 0. The van der Waals surface area contributed by atoms with Gasteiger partial charge < -0.3 is 0 Å². The summed E-state index contributed by atoms with van der Waals surface area (Å²) in [6.07, 6.45) is 17.3. The predicted molar refractivity (Wildman–Crippen MR) is 123 cm³/mol. The molecule has 0 spiro atoms. The zero-order valence-electron chi connectivity index (χ0n) is 18.9. The van der Waals surface area contributed by atoms with Gasteiger partial charge in [-0.05, 0) is 68.6 Å². The average Bonchev–Trinajstić information content (AvgIpc) is 2.61. The maximum absolute atomic E-state index is 4.38. The predicted octanol–water partition coefficient (Wildman–Crippen LogP) is 7.76. The first-order valence-electron chi connectivity index (χ1n) is 11.8. The second-order valence-electron chi connectivity index (χ2n) is 9.29. The van der Waals surface area contributed by atoms with Crippen molar-refractivity contribution in [3.63, 3.8) is 0 Å². The summed E-state index contributed by atoms with van der Waals surface area (Å²) < 4.78 is 0. The lowest BCUT2D eigenvalue weighted by Gasteiger charge is -2.38. The van der Waals surface area contributed by atoms with Gasteiger partial charge in [0.15, 0.2) is 0 Å². The minimum atomic E-state index is 0.753. The maximum atomic E-state index is 4.38. The summed E-state index contributed by atoms with van der Waals surface area (Å²) in [7, 11) is 2.53. The third-order valence-electron chi connectivity index (χ3n) is 6.88. The van der Waals surface area contributed by atoms with Crippen molar-refractivity contribution in [3.05, 3.63) is 23.8 Å². The van der Waals surface area contributed by atoms with Crippen LogP contribution >= 0.6 is 0 Å². The third kappa shape index (κ3) is 7.65. The Hall–Kier alpha value is -0.455. The lowest BCUT2D eigenvalue weighted by atomic mass is 9.60. The Morgan fingerprint density at radius 2 is 1.81 bits per heavy atom. The van der Waals surface area contributed by atoms with Crippen LogP contribution in [0, 0.1) is 23.7 Å². The van der Waals surface area contributed by atoms with Crippen LogP contribution < -0.4 is 0 Å². The first kappa shape index (κ1) is 23.6. The summed E-state index contributed by atoms with van der Waals surface area (Å²) in [4.78, 5) is 0. The van der Waals surface area contributed by atoms with Gasteiger partial charge in [-0.15, -0.1) is 0 Å². The van der Waals surface area contributed by atoms with Crippen molar-refractivity contribution in [2.75, 3.05) is 0 Å². The smallest absolute Gasteiger partial charge is 0.0999 e. The maximum Gasteiger partial charge on any atom is 0.106 e. The molecule has 1 rings (SSSR count). The largest absolute Gasteiger partial charge is 0.106 e. The first-order valence-corrected chi connectivity index (χ1v) is 11.8. The molecule has 0 saturated carbocycles. The van der Waals surface area contributed by atoms with E-state index in [1.807, 2.05) is 0 Å². The molecule has 0 aromatic heterocycles. The molecule has 4 atom stereocenters. The van der Waals surface area contributed by atoms with Crippen LogP contribution in [0.25, 0.3) is 0 Å². The zero-order chi connectivity index (χ0) is 19.5. The SMILES string of the molecule is B[C@H]1CC(C(CCC)CCC)=C[C@@H](C)C1C[C@@H](CC)CC(=C)CCCC. The van der Waals surface area contributed by atoms with Crippen LogP contribution in [0.4, 0.5) is 0 Å². The summed E-state index contributed by atoms with van der Waals surface area (Å²) in [6, 6.07) is 0. The van der Waals surface area contributed by atoms with E-state index in [1.165, 1.54) is 76.2 Å². The molecule has 1 unspecified atom stereocenters. The van der Waals surface area contributed by atoms with E-state index < -0.39 is 0 Å². The number of hydrogen-bond acceptors (Lipinski definition) is 0. The molecule has 0 aliphatic heterocycles. The minimum absolute atomic E-state index is 0.753. The molecule has 0 aromatic rings. The Balaban J connectivity index is 2.71. The molecule has 0 saturated heterocycles. The van der Waals surface area contributed by atoms with Crippen molar-refractivity contribution in [2.45, 2.75) is 111 Å². The molecule has 1 heteroatoms. The van der Waals surface area contributed by atoms with Crippen molar-refractivity contribution in [1.82, 2.24) is 0 Å². The van der Waals surface area contributed by atoms with Gasteiger partial charge in [0, 0.05) is 0 Å². The topological polar surface area (TPSA) is 0 Å². The average molecular weight is 358 g/mol. The minimum Gasteiger partial charge on any atom is -0.0999 e. The van der Waals surface area contributed by atoms with E-state index in [0.717, 1.165) is 29.5 Å². The van der Waals surface area contributed by atoms with E-state index in [4.69, 9.17) is 0 Å². The molecule has 0 amide bonds. The van der Waals surface area contributed by atoms with E-state index in [0.29, 0.717) is 0 Å². The summed E-state index contributed by atoms with van der Waals surface area (Å²) in [5, 5.41) is 0. The molecule has 0 radical (unpaired) electrons. The fraction of sp³-hybridized carbons (Fsp3) is 0.840. The normalized spacial score (nSPS) is 24.5. The molecule has 1 aliphatic carbocycles. The van der Waals surface area contributed by atoms with Crippen LogP contribution in [0.3, 0.4) is 0 Å². The molecular weight excluding hydrogens is 311 g/mol. The van der Waals surface area contributed by atoms with E-state index >= 15 is 0 Å². The quantitative estimate of drug-likeness (QED) is 0.233. The lowest BCUT2D eigenvalue weighted by molar-refractivity contribution is 0.272. The lowest BCUT2D eigenvalue weighted by Crippen LogP contribution is -2.26. The highest BCUT2D eigenvalue weighted by Crippen LogP contribution is 2.44. The second kappa shape index (κ2) is 12.8. The molecule has 0 fully saturated rings. The monoisotopic (exact) mass is 358 g/mol. The van der Waals surface area contributed by atoms with Gasteiger partial charge >= 0.3 is 0 Å². The number of unbranched alkanes of at least 4 members (excludes halogenated alkanes) is 1. The van der Waals surface area contributed by atoms with Gasteiger partial charge in [-0.25, -0.2) is 0 Å². The molecule has 1 aliphatic rings. The Labute approximate surface area is 166 Å². The van der Waals surface area contributed by atoms with Gasteiger partial charge in [0.2, 0.25) is 0 Å². The number of rotatable bonds is 13. The van der Waals surface area contributed by atoms with E-state index in [1.54, 1.807) is 5.57 Å². The molecule has 0 N–H and O–H groups in total. The van der Waals surface area contributed by atoms with E-state index in [2.05, 4.69) is 55.1 Å². The Kier molecular flexibility index (Phi) is 11.7. The van der Waals surface area contributed by atoms with Gasteiger partial charge in [-0.3, -0.25) is 0 Å². The molecule has 0 heterocycles. The van der Waals surface area contributed by atoms with Crippen LogP contribution in [0.5, 0.6) is 0 Å². The molecule has 150 valence electrons. The highest BCUT2D eigenvalue weighted by atomic mass is 14.3. The van der Waals surface area contributed by atoms with Gasteiger partial charge in [0.05, 0.1) is 0 Å². The fourth-order valence-electron chi connectivity index (χ4n) is 5.25. The van der Waals surface area contributed by atoms with Crippen LogP contribution in [-0.4, -0.2) is 7.85 Å². The standard InChI is InChI=1S/C25H47B/c1-7-11-14-19(5)15-21(10-4)17-24-20(6)16-23(18-25(24)26)22(12-8-2)13-9-3/h16,20-22,24-25H,5,7-15,17-18,26H2,1-4,6H3/t20-,21+,24?,25+/m1/s1. The van der Waals surface area contributed by atoms with Crippen molar-refractivity contribution in [2.24, 2.45) is 23.7 Å².